The first-order valence-electron chi connectivity index (χ1n) is 18.8. The summed E-state index contributed by atoms with van der Waals surface area (Å²) in [6.07, 6.45) is 10.8. The summed E-state index contributed by atoms with van der Waals surface area (Å²) < 4.78 is 0. The van der Waals surface area contributed by atoms with Gasteiger partial charge in [-0.05, 0) is 54.6 Å². The summed E-state index contributed by atoms with van der Waals surface area (Å²) in [5.74, 6) is -0.00602. The van der Waals surface area contributed by atoms with E-state index in [4.69, 9.17) is 0 Å². The number of hydrogen-bond acceptors (Lipinski definition) is 6. The molecule has 0 radical (unpaired) electrons. The minimum atomic E-state index is -1.15. The number of benzene rings is 2. The normalized spacial score (nSPS) is 16.9. The molecule has 4 rings (SSSR count). The molecule has 0 spiro atoms. The molecule has 7 N–H and O–H groups in total. The van der Waals surface area contributed by atoms with Gasteiger partial charge in [-0.15, -0.1) is 6.58 Å². The molecule has 1 aliphatic carbocycles. The van der Waals surface area contributed by atoms with Crippen molar-refractivity contribution in [3.8, 4) is 0 Å². The fourth-order valence-electron chi connectivity index (χ4n) is 7.19. The van der Waals surface area contributed by atoms with Crippen molar-refractivity contribution in [2.24, 2.45) is 17.8 Å². The SMILES string of the molecule is C=C[C@@H](C[C@H](O)[C@H](CC1CCCCC1)NC(=O)[C@H](Cc1c[nH]cn1)NC(=O)C(Cc1ccccc1)NCC(Cc1ccccc1)NC(=O)O)C(C)C. The van der Waals surface area contributed by atoms with Crippen molar-refractivity contribution < 1.29 is 24.6 Å². The van der Waals surface area contributed by atoms with Crippen molar-refractivity contribution in [3.63, 3.8) is 0 Å². The topological polar surface area (TPSA) is 168 Å². The molecule has 0 aliphatic heterocycles. The Labute approximate surface area is 308 Å². The number of carbonyl (C=O) groups excluding carboxylic acids is 2. The van der Waals surface area contributed by atoms with Gasteiger partial charge in [0.05, 0.1) is 30.2 Å². The van der Waals surface area contributed by atoms with E-state index in [-0.39, 0.29) is 30.7 Å². The van der Waals surface area contributed by atoms with Gasteiger partial charge in [-0.3, -0.25) is 9.59 Å². The molecule has 1 heterocycles. The van der Waals surface area contributed by atoms with Crippen LogP contribution < -0.4 is 21.3 Å². The van der Waals surface area contributed by atoms with E-state index in [1.54, 1.807) is 6.20 Å². The van der Waals surface area contributed by atoms with Gasteiger partial charge in [-0.2, -0.15) is 0 Å². The Bertz CT molecular complexity index is 1500. The molecule has 6 atom stereocenters. The number of aromatic amines is 1. The molecular weight excluding hydrogens is 656 g/mol. The zero-order valence-electron chi connectivity index (χ0n) is 30.7. The van der Waals surface area contributed by atoms with Gasteiger partial charge < -0.3 is 36.5 Å². The number of H-pyrrole nitrogens is 1. The monoisotopic (exact) mass is 714 g/mol. The van der Waals surface area contributed by atoms with Crippen LogP contribution in [0.4, 0.5) is 4.79 Å². The number of carboxylic acid groups (broad SMARTS) is 1. The van der Waals surface area contributed by atoms with E-state index in [0.717, 1.165) is 36.8 Å². The van der Waals surface area contributed by atoms with Gasteiger partial charge in [0.25, 0.3) is 0 Å². The summed E-state index contributed by atoms with van der Waals surface area (Å²) in [7, 11) is 0. The standard InChI is InChI=1S/C41H58N6O5/c1-4-32(28(2)3)23-38(48)35(21-30-16-10-6-11-17-30)46-40(50)37(24-33-25-42-27-44-33)47-39(49)36(22-31-18-12-7-13-19-31)43-26-34(45-41(51)52)20-29-14-8-5-9-15-29/h4-5,7-9,12-15,18-19,25,27-28,30,32,34-38,43,45,48H,1,6,10-11,16-17,20-24,26H2,2-3H3,(H,42,44)(H,46,50)(H,47,49)(H,51,52)/t32-,34?,35-,36?,37-,38-/m0/s1. The predicted molar refractivity (Wildman–Crippen MR) is 204 cm³/mol. The molecule has 11 heteroatoms. The molecule has 2 unspecified atom stereocenters. The van der Waals surface area contributed by atoms with Crippen LogP contribution in [-0.4, -0.2) is 74.9 Å². The van der Waals surface area contributed by atoms with Gasteiger partial charge in [0, 0.05) is 25.2 Å². The summed E-state index contributed by atoms with van der Waals surface area (Å²) in [4.78, 5) is 47.4. The summed E-state index contributed by atoms with van der Waals surface area (Å²) in [5.41, 5.74) is 2.48. The summed E-state index contributed by atoms with van der Waals surface area (Å²) in [6, 6.07) is 16.4. The fraction of sp³-hybridized carbons (Fsp3) is 0.512. The number of aliphatic hydroxyl groups is 1. The van der Waals surface area contributed by atoms with Crippen molar-refractivity contribution in [3.05, 3.63) is 103 Å². The number of imidazole rings is 1. The predicted octanol–water partition coefficient (Wildman–Crippen LogP) is 5.18. The number of carbonyl (C=O) groups is 3. The van der Waals surface area contributed by atoms with Crippen LogP contribution >= 0.6 is 0 Å². The number of nitrogens with one attached hydrogen (secondary N) is 5. The fourth-order valence-corrected chi connectivity index (χ4v) is 7.19. The zero-order valence-corrected chi connectivity index (χ0v) is 30.7. The minimum Gasteiger partial charge on any atom is -0.465 e. The molecule has 282 valence electrons. The van der Waals surface area contributed by atoms with Crippen molar-refractivity contribution in [2.75, 3.05) is 6.54 Å². The van der Waals surface area contributed by atoms with Crippen LogP contribution in [0.1, 0.15) is 75.6 Å². The number of aliphatic hydroxyl groups excluding tert-OH is 1. The average molecular weight is 715 g/mol. The van der Waals surface area contributed by atoms with Gasteiger partial charge >= 0.3 is 6.09 Å². The third-order valence-electron chi connectivity index (χ3n) is 10.2. The van der Waals surface area contributed by atoms with Crippen molar-refractivity contribution in [1.82, 2.24) is 31.2 Å². The lowest BCUT2D eigenvalue weighted by molar-refractivity contribution is -0.131. The van der Waals surface area contributed by atoms with E-state index in [1.165, 1.54) is 12.7 Å². The highest BCUT2D eigenvalue weighted by atomic mass is 16.4. The highest BCUT2D eigenvalue weighted by molar-refractivity contribution is 5.90. The minimum absolute atomic E-state index is 0.0893. The first kappa shape index (κ1) is 40.3. The maximum Gasteiger partial charge on any atom is 0.404 e. The van der Waals surface area contributed by atoms with Gasteiger partial charge in [0.1, 0.15) is 6.04 Å². The second-order valence-electron chi connectivity index (χ2n) is 14.6. The Hall–Kier alpha value is -4.48. The molecule has 3 aromatic rings. The molecule has 52 heavy (non-hydrogen) atoms. The molecule has 1 aromatic heterocycles. The molecule has 1 saturated carbocycles. The number of aromatic nitrogens is 2. The number of allylic oxidation sites excluding steroid dienone is 1. The molecule has 0 saturated heterocycles. The second kappa shape index (κ2) is 21.1. The van der Waals surface area contributed by atoms with Crippen LogP contribution in [0.3, 0.4) is 0 Å². The third kappa shape index (κ3) is 13.6. The maximum absolute atomic E-state index is 14.2. The number of amides is 3. The summed E-state index contributed by atoms with van der Waals surface area (Å²) >= 11 is 0. The molecule has 11 nitrogen and oxygen atoms in total. The molecular formula is C41H58N6O5. The highest BCUT2D eigenvalue weighted by Gasteiger charge is 2.33. The third-order valence-corrected chi connectivity index (χ3v) is 10.2. The molecule has 3 amide bonds. The highest BCUT2D eigenvalue weighted by Crippen LogP contribution is 2.30. The zero-order chi connectivity index (χ0) is 37.3. The maximum atomic E-state index is 14.2. The Kier molecular flexibility index (Phi) is 16.4. The Morgan fingerprint density at radius 1 is 0.885 bits per heavy atom. The smallest absolute Gasteiger partial charge is 0.404 e. The second-order valence-corrected chi connectivity index (χ2v) is 14.6. The van der Waals surface area contributed by atoms with E-state index >= 15 is 0 Å². The lowest BCUT2D eigenvalue weighted by Gasteiger charge is -2.33. The van der Waals surface area contributed by atoms with Crippen LogP contribution in [-0.2, 0) is 28.9 Å². The van der Waals surface area contributed by atoms with Gasteiger partial charge in [-0.25, -0.2) is 9.78 Å². The number of nitrogens with zero attached hydrogens (tertiary/aromatic N) is 1. The summed E-state index contributed by atoms with van der Waals surface area (Å²) in [5, 5.41) is 33.2. The lowest BCUT2D eigenvalue weighted by Crippen LogP contribution is -2.58. The quantitative estimate of drug-likeness (QED) is 0.0747. The van der Waals surface area contributed by atoms with Crippen molar-refractivity contribution in [2.45, 2.75) is 108 Å². The molecule has 2 aromatic carbocycles. The van der Waals surface area contributed by atoms with Gasteiger partial charge in [0.15, 0.2) is 0 Å². The average Bonchev–Trinajstić information content (AvgIpc) is 3.65. The van der Waals surface area contributed by atoms with Crippen LogP contribution in [0.25, 0.3) is 0 Å². The van der Waals surface area contributed by atoms with Crippen LogP contribution in [0.2, 0.25) is 0 Å². The van der Waals surface area contributed by atoms with Crippen molar-refractivity contribution in [1.29, 1.82) is 0 Å². The first-order chi connectivity index (χ1) is 25.1. The first-order valence-corrected chi connectivity index (χ1v) is 18.8. The van der Waals surface area contributed by atoms with Crippen LogP contribution in [0, 0.1) is 17.8 Å². The Morgan fingerprint density at radius 2 is 1.52 bits per heavy atom. The largest absolute Gasteiger partial charge is 0.465 e. The number of hydrogen-bond donors (Lipinski definition) is 7. The van der Waals surface area contributed by atoms with Gasteiger partial charge in [-0.1, -0.05) is 113 Å². The van der Waals surface area contributed by atoms with E-state index < -0.39 is 42.3 Å². The molecule has 0 bridgehead atoms. The van der Waals surface area contributed by atoms with E-state index in [2.05, 4.69) is 51.7 Å². The number of rotatable bonds is 21. The molecule has 1 aliphatic rings. The molecule has 1 fully saturated rings. The Balaban J connectivity index is 1.55. The lowest BCUT2D eigenvalue weighted by atomic mass is 9.81. The van der Waals surface area contributed by atoms with E-state index in [9.17, 15) is 24.6 Å². The van der Waals surface area contributed by atoms with Crippen LogP contribution in [0.15, 0.2) is 85.8 Å². The summed E-state index contributed by atoms with van der Waals surface area (Å²) in [6.45, 7) is 8.37. The van der Waals surface area contributed by atoms with E-state index in [0.29, 0.717) is 37.3 Å². The van der Waals surface area contributed by atoms with E-state index in [1.807, 2.05) is 66.7 Å². The Morgan fingerprint density at radius 3 is 2.10 bits per heavy atom. The van der Waals surface area contributed by atoms with Crippen molar-refractivity contribution >= 4 is 17.9 Å². The van der Waals surface area contributed by atoms with Crippen LogP contribution in [0.5, 0.6) is 0 Å². The van der Waals surface area contributed by atoms with Gasteiger partial charge in [0.2, 0.25) is 11.8 Å².